The largest absolute Gasteiger partial charge is 0.508 e. The molecule has 1 aliphatic heterocycles. The Morgan fingerprint density at radius 2 is 1.79 bits per heavy atom. The van der Waals surface area contributed by atoms with Crippen LogP contribution in [0, 0.1) is 6.92 Å². The summed E-state index contributed by atoms with van der Waals surface area (Å²) in [6.45, 7) is 4.96. The molecule has 1 aromatic heterocycles. The molecule has 24 heavy (non-hydrogen) atoms. The molecule has 1 N–H and O–H groups in total. The number of phenols is 1. The maximum absolute atomic E-state index is 10.7. The Bertz CT molecular complexity index is 849. The van der Waals surface area contributed by atoms with Gasteiger partial charge in [0.25, 0.3) is 0 Å². The summed E-state index contributed by atoms with van der Waals surface area (Å²) >= 11 is 0. The average Bonchev–Trinajstić information content (AvgIpc) is 3.04. The van der Waals surface area contributed by atoms with Gasteiger partial charge in [-0.25, -0.2) is 0 Å². The van der Waals surface area contributed by atoms with E-state index in [1.54, 1.807) is 6.07 Å². The third kappa shape index (κ3) is 2.68. The molecular formula is C20H21NO3. The molecule has 1 saturated heterocycles. The number of nitrogens with zero attached hydrogens (tertiary/aromatic N) is 1. The van der Waals surface area contributed by atoms with E-state index in [1.165, 1.54) is 0 Å². The van der Waals surface area contributed by atoms with Crippen LogP contribution < -0.4 is 0 Å². The molecule has 124 valence electrons. The van der Waals surface area contributed by atoms with Gasteiger partial charge in [0.05, 0.1) is 19.3 Å². The van der Waals surface area contributed by atoms with Gasteiger partial charge in [-0.15, -0.1) is 0 Å². The van der Waals surface area contributed by atoms with E-state index in [2.05, 4.69) is 17.0 Å². The molecule has 0 radical (unpaired) electrons. The van der Waals surface area contributed by atoms with E-state index in [-0.39, 0.29) is 6.04 Å². The second kappa shape index (κ2) is 6.30. The lowest BCUT2D eigenvalue weighted by atomic mass is 9.94. The Hall–Kier alpha value is -2.30. The zero-order valence-corrected chi connectivity index (χ0v) is 13.7. The highest BCUT2D eigenvalue weighted by Gasteiger charge is 2.30. The van der Waals surface area contributed by atoms with Crippen molar-refractivity contribution in [2.75, 3.05) is 26.3 Å². The maximum atomic E-state index is 10.7. The molecule has 0 saturated carbocycles. The second-order valence-electron chi connectivity index (χ2n) is 6.22. The maximum Gasteiger partial charge on any atom is 0.126 e. The van der Waals surface area contributed by atoms with Crippen LogP contribution in [-0.2, 0) is 4.74 Å². The van der Waals surface area contributed by atoms with Crippen LogP contribution in [0.25, 0.3) is 10.8 Å². The summed E-state index contributed by atoms with van der Waals surface area (Å²) in [6, 6.07) is 15.8. The highest BCUT2D eigenvalue weighted by atomic mass is 16.5. The van der Waals surface area contributed by atoms with Gasteiger partial charge < -0.3 is 14.3 Å². The van der Waals surface area contributed by atoms with Gasteiger partial charge in [-0.3, -0.25) is 4.90 Å². The molecule has 4 heteroatoms. The van der Waals surface area contributed by atoms with Crippen molar-refractivity contribution < 1.29 is 14.3 Å². The monoisotopic (exact) mass is 323 g/mol. The Labute approximate surface area is 141 Å². The van der Waals surface area contributed by atoms with E-state index in [9.17, 15) is 5.11 Å². The predicted octanol–water partition coefficient (Wildman–Crippen LogP) is 3.87. The molecule has 0 bridgehead atoms. The lowest BCUT2D eigenvalue weighted by molar-refractivity contribution is 0.0199. The van der Waals surface area contributed by atoms with Crippen LogP contribution in [0.4, 0.5) is 0 Å². The number of hydrogen-bond acceptors (Lipinski definition) is 4. The van der Waals surface area contributed by atoms with Crippen LogP contribution in [0.1, 0.15) is 23.1 Å². The van der Waals surface area contributed by atoms with Crippen LogP contribution in [0.3, 0.4) is 0 Å². The molecule has 2 aromatic carbocycles. The molecule has 3 aromatic rings. The lowest BCUT2D eigenvalue weighted by Gasteiger charge is -2.34. The van der Waals surface area contributed by atoms with E-state index in [0.717, 1.165) is 40.9 Å². The van der Waals surface area contributed by atoms with Gasteiger partial charge in [0.2, 0.25) is 0 Å². The zero-order valence-electron chi connectivity index (χ0n) is 13.7. The number of morpholine rings is 1. The number of ether oxygens (including phenoxy) is 1. The minimum Gasteiger partial charge on any atom is -0.508 e. The molecule has 1 atom stereocenters. The summed E-state index contributed by atoms with van der Waals surface area (Å²) in [6.07, 6.45) is 0. The summed E-state index contributed by atoms with van der Waals surface area (Å²) in [5, 5.41) is 12.9. The number of hydrogen-bond donors (Lipinski definition) is 1. The molecule has 0 amide bonds. The average molecular weight is 323 g/mol. The minimum absolute atomic E-state index is 0.117. The molecular weight excluding hydrogens is 302 g/mol. The number of fused-ring (bicyclic) bond motifs is 1. The van der Waals surface area contributed by atoms with Crippen molar-refractivity contribution in [2.24, 2.45) is 0 Å². The summed E-state index contributed by atoms with van der Waals surface area (Å²) < 4.78 is 11.5. The van der Waals surface area contributed by atoms with Crippen LogP contribution in [-0.4, -0.2) is 36.3 Å². The first-order valence-corrected chi connectivity index (χ1v) is 8.33. The molecule has 0 unspecified atom stereocenters. The fourth-order valence-corrected chi connectivity index (χ4v) is 3.51. The first-order valence-electron chi connectivity index (χ1n) is 8.33. The van der Waals surface area contributed by atoms with Gasteiger partial charge in [0, 0.05) is 18.7 Å². The van der Waals surface area contributed by atoms with Crippen molar-refractivity contribution in [1.82, 2.24) is 4.90 Å². The third-order valence-electron chi connectivity index (χ3n) is 4.66. The molecule has 4 rings (SSSR count). The highest BCUT2D eigenvalue weighted by molar-refractivity contribution is 5.88. The SMILES string of the molecule is Cc1ccc([C@@H](c2c(O)ccc3ccccc23)N2CCOCC2)o1. The first-order chi connectivity index (χ1) is 11.7. The summed E-state index contributed by atoms with van der Waals surface area (Å²) in [4.78, 5) is 2.32. The normalized spacial score (nSPS) is 17.2. The lowest BCUT2D eigenvalue weighted by Crippen LogP contribution is -2.39. The Morgan fingerprint density at radius 1 is 1.00 bits per heavy atom. The quantitative estimate of drug-likeness (QED) is 0.795. The van der Waals surface area contributed by atoms with Crippen LogP contribution in [0.2, 0.25) is 0 Å². The van der Waals surface area contributed by atoms with Crippen molar-refractivity contribution in [1.29, 1.82) is 0 Å². The molecule has 2 heterocycles. The molecule has 0 aliphatic carbocycles. The number of benzene rings is 2. The Kier molecular flexibility index (Phi) is 4.00. The topological polar surface area (TPSA) is 45.8 Å². The van der Waals surface area contributed by atoms with Crippen molar-refractivity contribution in [3.05, 3.63) is 65.6 Å². The van der Waals surface area contributed by atoms with Crippen LogP contribution in [0.15, 0.2) is 52.9 Å². The minimum atomic E-state index is -0.117. The van der Waals surface area contributed by atoms with Crippen molar-refractivity contribution in [3.63, 3.8) is 0 Å². The highest BCUT2D eigenvalue weighted by Crippen LogP contribution is 2.40. The van der Waals surface area contributed by atoms with Crippen LogP contribution in [0.5, 0.6) is 5.75 Å². The summed E-state index contributed by atoms with van der Waals surface area (Å²) in [7, 11) is 0. The molecule has 1 aliphatic rings. The van der Waals surface area contributed by atoms with Gasteiger partial charge in [-0.05, 0) is 35.9 Å². The summed E-state index contributed by atoms with van der Waals surface area (Å²) in [5.74, 6) is 2.04. The van der Waals surface area contributed by atoms with Crippen molar-refractivity contribution >= 4 is 10.8 Å². The van der Waals surface area contributed by atoms with E-state index in [4.69, 9.17) is 9.15 Å². The smallest absolute Gasteiger partial charge is 0.126 e. The molecule has 1 fully saturated rings. The molecule has 0 spiro atoms. The number of furan rings is 1. The number of aryl methyl sites for hydroxylation is 1. The Balaban J connectivity index is 1.91. The van der Waals surface area contributed by atoms with E-state index in [1.807, 2.05) is 37.3 Å². The number of aromatic hydroxyl groups is 1. The van der Waals surface area contributed by atoms with Crippen LogP contribution >= 0.6 is 0 Å². The number of rotatable bonds is 3. The van der Waals surface area contributed by atoms with Crippen molar-refractivity contribution in [3.8, 4) is 5.75 Å². The number of phenolic OH excluding ortho intramolecular Hbond substituents is 1. The van der Waals surface area contributed by atoms with Crippen molar-refractivity contribution in [2.45, 2.75) is 13.0 Å². The van der Waals surface area contributed by atoms with E-state index in [0.29, 0.717) is 19.0 Å². The second-order valence-corrected chi connectivity index (χ2v) is 6.22. The van der Waals surface area contributed by atoms with Gasteiger partial charge in [-0.1, -0.05) is 30.3 Å². The van der Waals surface area contributed by atoms with Gasteiger partial charge in [0.15, 0.2) is 0 Å². The van der Waals surface area contributed by atoms with E-state index < -0.39 is 0 Å². The fourth-order valence-electron chi connectivity index (χ4n) is 3.51. The standard InChI is InChI=1S/C20H21NO3/c1-14-6-9-18(24-14)20(21-10-12-23-13-11-21)19-16-5-3-2-4-15(16)7-8-17(19)22/h2-9,20,22H,10-13H2,1H3/t20-/m0/s1. The van der Waals surface area contributed by atoms with Gasteiger partial charge in [0.1, 0.15) is 17.3 Å². The van der Waals surface area contributed by atoms with Gasteiger partial charge in [-0.2, -0.15) is 0 Å². The van der Waals surface area contributed by atoms with Gasteiger partial charge >= 0.3 is 0 Å². The molecule has 4 nitrogen and oxygen atoms in total. The third-order valence-corrected chi connectivity index (χ3v) is 4.66. The summed E-state index contributed by atoms with van der Waals surface area (Å²) in [5.41, 5.74) is 0.907. The zero-order chi connectivity index (χ0) is 16.5. The Morgan fingerprint density at radius 3 is 2.54 bits per heavy atom. The fraction of sp³-hybridized carbons (Fsp3) is 0.300. The van der Waals surface area contributed by atoms with E-state index >= 15 is 0 Å². The predicted molar refractivity (Wildman–Crippen MR) is 93.3 cm³/mol. The first kappa shape index (κ1) is 15.2.